The van der Waals surface area contributed by atoms with E-state index in [2.05, 4.69) is 4.98 Å². The monoisotopic (exact) mass is 350 g/mol. The van der Waals surface area contributed by atoms with Crippen LogP contribution in [0.3, 0.4) is 0 Å². The third-order valence-corrected chi connectivity index (χ3v) is 4.43. The Morgan fingerprint density at radius 1 is 1.00 bits per heavy atom. The summed E-state index contributed by atoms with van der Waals surface area (Å²) >= 11 is 1.55. The predicted octanol–water partition coefficient (Wildman–Crippen LogP) is 3.18. The number of pyridine rings is 1. The van der Waals surface area contributed by atoms with Gasteiger partial charge in [-0.3, -0.25) is 14.6 Å². The smallest absolute Gasteiger partial charge is 0.324 e. The van der Waals surface area contributed by atoms with Crippen molar-refractivity contribution in [3.05, 3.63) is 76.1 Å². The highest BCUT2D eigenvalue weighted by molar-refractivity contribution is 7.08. The lowest BCUT2D eigenvalue weighted by atomic mass is 10.1. The zero-order valence-electron chi connectivity index (χ0n) is 12.7. The van der Waals surface area contributed by atoms with Crippen molar-refractivity contribution < 1.29 is 19.2 Å². The van der Waals surface area contributed by atoms with Gasteiger partial charge >= 0.3 is 5.97 Å². The lowest BCUT2D eigenvalue weighted by molar-refractivity contribution is -0.0584. The van der Waals surface area contributed by atoms with Crippen LogP contribution in [0.25, 0.3) is 11.3 Å². The number of thiophene rings is 1. The van der Waals surface area contributed by atoms with Crippen LogP contribution in [-0.4, -0.2) is 27.8 Å². The Morgan fingerprint density at radius 2 is 1.72 bits per heavy atom. The first-order valence-corrected chi connectivity index (χ1v) is 8.28. The molecule has 0 radical (unpaired) electrons. The molecule has 0 atom stereocenters. The summed E-state index contributed by atoms with van der Waals surface area (Å²) in [5.74, 6) is -2.13. The maximum absolute atomic E-state index is 12.2. The minimum Gasteiger partial charge on any atom is -0.324 e. The van der Waals surface area contributed by atoms with E-state index in [1.54, 1.807) is 35.6 Å². The van der Waals surface area contributed by atoms with Crippen molar-refractivity contribution in [2.75, 3.05) is 0 Å². The molecular formula is C18H10N2O4S. The van der Waals surface area contributed by atoms with Crippen molar-refractivity contribution >= 4 is 29.1 Å². The highest BCUT2D eigenvalue weighted by Gasteiger charge is 2.38. The molecule has 3 aromatic rings. The molecule has 1 aliphatic rings. The Kier molecular flexibility index (Phi) is 3.62. The summed E-state index contributed by atoms with van der Waals surface area (Å²) in [6.45, 7) is 0. The highest BCUT2D eigenvalue weighted by Crippen LogP contribution is 2.24. The number of nitrogens with zero attached hydrogens (tertiary/aromatic N) is 2. The second kappa shape index (κ2) is 5.95. The molecule has 6 nitrogen and oxygen atoms in total. The number of hydrogen-bond donors (Lipinski definition) is 0. The highest BCUT2D eigenvalue weighted by atomic mass is 32.1. The van der Waals surface area contributed by atoms with E-state index in [-0.39, 0.29) is 16.7 Å². The van der Waals surface area contributed by atoms with Gasteiger partial charge < -0.3 is 4.84 Å². The second-order valence-corrected chi connectivity index (χ2v) is 6.05. The van der Waals surface area contributed by atoms with Crippen LogP contribution in [0.1, 0.15) is 31.1 Å². The fourth-order valence-corrected chi connectivity index (χ4v) is 3.13. The fourth-order valence-electron chi connectivity index (χ4n) is 2.48. The molecule has 2 aromatic heterocycles. The molecular weight excluding hydrogens is 340 g/mol. The molecule has 0 saturated carbocycles. The van der Waals surface area contributed by atoms with Crippen molar-refractivity contribution in [1.82, 2.24) is 10.0 Å². The van der Waals surface area contributed by atoms with Crippen LogP contribution in [0.4, 0.5) is 0 Å². The SMILES string of the molecule is O=C(ON1C(=O)c2ccccc2C1=O)c1ccc(-c2ccsc2)nc1. The van der Waals surface area contributed by atoms with E-state index < -0.39 is 17.8 Å². The molecule has 122 valence electrons. The molecule has 0 N–H and O–H groups in total. The van der Waals surface area contributed by atoms with Gasteiger partial charge in [-0.2, -0.15) is 11.3 Å². The van der Waals surface area contributed by atoms with Crippen molar-refractivity contribution in [3.63, 3.8) is 0 Å². The molecule has 0 spiro atoms. The molecule has 0 saturated heterocycles. The molecule has 2 amide bonds. The van der Waals surface area contributed by atoms with E-state index in [4.69, 9.17) is 4.84 Å². The summed E-state index contributed by atoms with van der Waals surface area (Å²) in [7, 11) is 0. The van der Waals surface area contributed by atoms with Crippen LogP contribution >= 0.6 is 11.3 Å². The summed E-state index contributed by atoms with van der Waals surface area (Å²) < 4.78 is 0. The summed E-state index contributed by atoms with van der Waals surface area (Å²) in [6.07, 6.45) is 1.35. The summed E-state index contributed by atoms with van der Waals surface area (Å²) in [5, 5.41) is 4.36. The number of imide groups is 1. The summed E-state index contributed by atoms with van der Waals surface area (Å²) in [6, 6.07) is 11.5. The van der Waals surface area contributed by atoms with Gasteiger partial charge in [0, 0.05) is 17.1 Å². The number of amides is 2. The van der Waals surface area contributed by atoms with Crippen LogP contribution in [0.2, 0.25) is 0 Å². The number of aromatic nitrogens is 1. The Morgan fingerprint density at radius 3 is 2.28 bits per heavy atom. The van der Waals surface area contributed by atoms with Gasteiger partial charge in [0.2, 0.25) is 0 Å². The van der Waals surface area contributed by atoms with Gasteiger partial charge in [-0.05, 0) is 35.7 Å². The van der Waals surface area contributed by atoms with Crippen LogP contribution < -0.4 is 0 Å². The van der Waals surface area contributed by atoms with Gasteiger partial charge in [0.1, 0.15) is 0 Å². The summed E-state index contributed by atoms with van der Waals surface area (Å²) in [4.78, 5) is 45.8. The van der Waals surface area contributed by atoms with Gasteiger partial charge in [-0.25, -0.2) is 4.79 Å². The zero-order chi connectivity index (χ0) is 17.4. The van der Waals surface area contributed by atoms with Crippen LogP contribution in [-0.2, 0) is 4.84 Å². The first-order valence-electron chi connectivity index (χ1n) is 7.34. The average molecular weight is 350 g/mol. The molecule has 0 unspecified atom stereocenters. The summed E-state index contributed by atoms with van der Waals surface area (Å²) in [5.41, 5.74) is 2.25. The van der Waals surface area contributed by atoms with E-state index >= 15 is 0 Å². The molecule has 4 rings (SSSR count). The van der Waals surface area contributed by atoms with Crippen molar-refractivity contribution in [2.24, 2.45) is 0 Å². The maximum atomic E-state index is 12.2. The Bertz CT molecular complexity index is 946. The van der Waals surface area contributed by atoms with E-state index in [0.29, 0.717) is 5.06 Å². The molecule has 0 bridgehead atoms. The number of hydroxylamine groups is 2. The molecule has 1 aromatic carbocycles. The van der Waals surface area contributed by atoms with Gasteiger partial charge in [-0.15, -0.1) is 0 Å². The lowest BCUT2D eigenvalue weighted by Gasteiger charge is -2.12. The normalized spacial score (nSPS) is 13.0. The molecule has 7 heteroatoms. The molecule has 1 aliphatic heterocycles. The molecule has 0 aliphatic carbocycles. The minimum absolute atomic E-state index is 0.149. The lowest BCUT2D eigenvalue weighted by Crippen LogP contribution is -2.32. The van der Waals surface area contributed by atoms with Gasteiger partial charge in [0.15, 0.2) is 0 Å². The number of rotatable bonds is 3. The van der Waals surface area contributed by atoms with Gasteiger partial charge in [-0.1, -0.05) is 17.2 Å². The van der Waals surface area contributed by atoms with Crippen LogP contribution in [0.15, 0.2) is 59.4 Å². The van der Waals surface area contributed by atoms with Crippen LogP contribution in [0, 0.1) is 0 Å². The minimum atomic E-state index is -0.820. The predicted molar refractivity (Wildman–Crippen MR) is 89.9 cm³/mol. The largest absolute Gasteiger partial charge is 0.365 e. The van der Waals surface area contributed by atoms with E-state index in [0.717, 1.165) is 11.3 Å². The van der Waals surface area contributed by atoms with Crippen molar-refractivity contribution in [1.29, 1.82) is 0 Å². The number of benzene rings is 1. The molecule has 25 heavy (non-hydrogen) atoms. The first kappa shape index (κ1) is 15.2. The standard InChI is InChI=1S/C18H10N2O4S/c21-16-13-3-1-2-4-14(13)17(22)20(16)24-18(23)11-5-6-15(19-9-11)12-7-8-25-10-12/h1-10H. The number of hydrogen-bond acceptors (Lipinski definition) is 6. The third-order valence-electron chi connectivity index (χ3n) is 3.75. The fraction of sp³-hybridized carbons (Fsp3) is 0. The van der Waals surface area contributed by atoms with Gasteiger partial charge in [0.25, 0.3) is 11.8 Å². The van der Waals surface area contributed by atoms with E-state index in [1.165, 1.54) is 18.3 Å². The Balaban J connectivity index is 1.53. The molecule has 0 fully saturated rings. The Hall–Kier alpha value is -3.32. The number of carbonyl (C=O) groups excluding carboxylic acids is 3. The van der Waals surface area contributed by atoms with Crippen molar-refractivity contribution in [2.45, 2.75) is 0 Å². The van der Waals surface area contributed by atoms with E-state index in [1.807, 2.05) is 16.8 Å². The average Bonchev–Trinajstić information content (AvgIpc) is 3.26. The maximum Gasteiger partial charge on any atom is 0.365 e. The van der Waals surface area contributed by atoms with Crippen molar-refractivity contribution in [3.8, 4) is 11.3 Å². The van der Waals surface area contributed by atoms with E-state index in [9.17, 15) is 14.4 Å². The third kappa shape index (κ3) is 2.60. The Labute approximate surface area is 146 Å². The second-order valence-electron chi connectivity index (χ2n) is 5.27. The first-order chi connectivity index (χ1) is 12.1. The quantitative estimate of drug-likeness (QED) is 0.678. The molecule has 3 heterocycles. The topological polar surface area (TPSA) is 76.6 Å². The number of fused-ring (bicyclic) bond motifs is 1. The van der Waals surface area contributed by atoms with Crippen LogP contribution in [0.5, 0.6) is 0 Å². The zero-order valence-corrected chi connectivity index (χ0v) is 13.5. The number of carbonyl (C=O) groups is 3. The van der Waals surface area contributed by atoms with Gasteiger partial charge in [0.05, 0.1) is 22.4 Å².